The van der Waals surface area contributed by atoms with Gasteiger partial charge >= 0.3 is 0 Å². The standard InChI is InChI=1S/C29H32N4O3/c1-5-21-25(31-18(4)26(21)29(36)33-14-16(2)30-17(3)15-33)13-23-27-22(19-9-11-20(34)12-10-19)7-6-8-24(27)32-28(23)35/h6-13,16-17,30-31,34H,5,14-15H2,1-4H3,(H,32,35)/b23-13-/t16-,17+. The van der Waals surface area contributed by atoms with Crippen LogP contribution in [0.2, 0.25) is 0 Å². The molecule has 0 unspecified atom stereocenters. The Kier molecular flexibility index (Phi) is 6.18. The SMILES string of the molecule is CCc1c(/C=C2\C(=O)Nc3cccc(-c4ccc(O)cc4)c32)[nH]c(C)c1C(=O)N1C[C@@H](C)N[C@@H](C)C1. The maximum absolute atomic E-state index is 13.6. The van der Waals surface area contributed by atoms with Gasteiger partial charge in [-0.1, -0.05) is 31.2 Å². The summed E-state index contributed by atoms with van der Waals surface area (Å²) in [5.41, 5.74) is 7.15. The third-order valence-corrected chi connectivity index (χ3v) is 7.03. The van der Waals surface area contributed by atoms with Crippen LogP contribution in [0.15, 0.2) is 42.5 Å². The number of phenols is 1. The summed E-state index contributed by atoms with van der Waals surface area (Å²) in [6.45, 7) is 9.48. The molecule has 2 amide bonds. The fourth-order valence-electron chi connectivity index (χ4n) is 5.55. The van der Waals surface area contributed by atoms with Gasteiger partial charge in [0, 0.05) is 47.8 Å². The number of fused-ring (bicyclic) bond motifs is 1. The molecule has 7 heteroatoms. The summed E-state index contributed by atoms with van der Waals surface area (Å²) in [4.78, 5) is 32.1. The summed E-state index contributed by atoms with van der Waals surface area (Å²) in [6, 6.07) is 13.2. The van der Waals surface area contributed by atoms with E-state index in [-0.39, 0.29) is 29.6 Å². The second kappa shape index (κ2) is 9.32. The van der Waals surface area contributed by atoms with Crippen LogP contribution in [-0.4, -0.2) is 52.0 Å². The van der Waals surface area contributed by atoms with E-state index in [1.54, 1.807) is 12.1 Å². The highest BCUT2D eigenvalue weighted by atomic mass is 16.3. The van der Waals surface area contributed by atoms with Crippen molar-refractivity contribution in [1.82, 2.24) is 15.2 Å². The molecular formula is C29H32N4O3. The molecule has 0 radical (unpaired) electrons. The molecule has 2 aliphatic rings. The Balaban J connectivity index is 1.58. The van der Waals surface area contributed by atoms with Crippen LogP contribution >= 0.6 is 0 Å². The summed E-state index contributed by atoms with van der Waals surface area (Å²) < 4.78 is 0. The van der Waals surface area contributed by atoms with Crippen molar-refractivity contribution in [3.8, 4) is 16.9 Å². The number of aromatic nitrogens is 1. The van der Waals surface area contributed by atoms with Gasteiger partial charge in [-0.3, -0.25) is 9.59 Å². The molecule has 5 rings (SSSR count). The fourth-order valence-corrected chi connectivity index (χ4v) is 5.55. The van der Waals surface area contributed by atoms with Crippen molar-refractivity contribution in [2.24, 2.45) is 0 Å². The third-order valence-electron chi connectivity index (χ3n) is 7.03. The summed E-state index contributed by atoms with van der Waals surface area (Å²) >= 11 is 0. The van der Waals surface area contributed by atoms with Crippen molar-refractivity contribution in [2.75, 3.05) is 18.4 Å². The number of carbonyl (C=O) groups excluding carboxylic acids is 2. The number of hydrogen-bond donors (Lipinski definition) is 4. The molecule has 2 atom stereocenters. The minimum absolute atomic E-state index is 0.0338. The number of anilines is 1. The molecule has 0 spiro atoms. The van der Waals surface area contributed by atoms with Gasteiger partial charge in [0.15, 0.2) is 0 Å². The van der Waals surface area contributed by atoms with E-state index < -0.39 is 0 Å². The summed E-state index contributed by atoms with van der Waals surface area (Å²) in [7, 11) is 0. The number of nitrogens with zero attached hydrogens (tertiary/aromatic N) is 1. The van der Waals surface area contributed by atoms with Gasteiger partial charge in [-0.2, -0.15) is 0 Å². The smallest absolute Gasteiger partial charge is 0.256 e. The topological polar surface area (TPSA) is 97.5 Å². The molecule has 3 aromatic rings. The molecule has 2 aliphatic heterocycles. The average Bonchev–Trinajstić information content (AvgIpc) is 3.33. The lowest BCUT2D eigenvalue weighted by Gasteiger charge is -2.36. The van der Waals surface area contributed by atoms with E-state index in [4.69, 9.17) is 0 Å². The second-order valence-corrected chi connectivity index (χ2v) is 9.84. The van der Waals surface area contributed by atoms with Crippen LogP contribution in [0, 0.1) is 6.92 Å². The van der Waals surface area contributed by atoms with Crippen molar-refractivity contribution >= 4 is 29.2 Å². The number of benzene rings is 2. The van der Waals surface area contributed by atoms with E-state index >= 15 is 0 Å². The first-order valence-corrected chi connectivity index (χ1v) is 12.5. The van der Waals surface area contributed by atoms with Crippen LogP contribution in [-0.2, 0) is 11.2 Å². The highest BCUT2D eigenvalue weighted by Gasteiger charge is 2.31. The van der Waals surface area contributed by atoms with Crippen LogP contribution < -0.4 is 10.6 Å². The first-order valence-electron chi connectivity index (χ1n) is 12.5. The Morgan fingerprint density at radius 1 is 1.11 bits per heavy atom. The molecule has 4 N–H and O–H groups in total. The monoisotopic (exact) mass is 484 g/mol. The fraction of sp³-hybridized carbons (Fsp3) is 0.310. The molecular weight excluding hydrogens is 452 g/mol. The highest BCUT2D eigenvalue weighted by Crippen LogP contribution is 2.41. The molecule has 0 bridgehead atoms. The average molecular weight is 485 g/mol. The van der Waals surface area contributed by atoms with Crippen molar-refractivity contribution in [1.29, 1.82) is 0 Å². The number of nitrogens with one attached hydrogen (secondary N) is 3. The number of piperazine rings is 1. The van der Waals surface area contributed by atoms with Gasteiger partial charge in [0.2, 0.25) is 0 Å². The second-order valence-electron chi connectivity index (χ2n) is 9.84. The molecule has 1 aromatic heterocycles. The van der Waals surface area contributed by atoms with E-state index in [2.05, 4.69) is 29.5 Å². The number of amides is 2. The molecule has 0 saturated carbocycles. The number of carbonyl (C=O) groups is 2. The van der Waals surface area contributed by atoms with E-state index in [0.29, 0.717) is 30.6 Å². The zero-order chi connectivity index (χ0) is 25.6. The van der Waals surface area contributed by atoms with Crippen LogP contribution in [0.4, 0.5) is 5.69 Å². The van der Waals surface area contributed by atoms with Gasteiger partial charge in [-0.15, -0.1) is 0 Å². The molecule has 2 aromatic carbocycles. The zero-order valence-corrected chi connectivity index (χ0v) is 21.1. The number of phenolic OH excluding ortho intramolecular Hbond substituents is 1. The largest absolute Gasteiger partial charge is 0.508 e. The molecule has 1 fully saturated rings. The van der Waals surface area contributed by atoms with Gasteiger partial charge in [-0.25, -0.2) is 0 Å². The van der Waals surface area contributed by atoms with Crippen LogP contribution in [0.3, 0.4) is 0 Å². The highest BCUT2D eigenvalue weighted by molar-refractivity contribution is 6.36. The summed E-state index contributed by atoms with van der Waals surface area (Å²) in [5, 5.41) is 16.2. The van der Waals surface area contributed by atoms with Crippen molar-refractivity contribution < 1.29 is 14.7 Å². The molecule has 0 aliphatic carbocycles. The zero-order valence-electron chi connectivity index (χ0n) is 21.1. The number of H-pyrrole nitrogens is 1. The van der Waals surface area contributed by atoms with Gasteiger partial charge in [0.1, 0.15) is 5.75 Å². The van der Waals surface area contributed by atoms with Crippen molar-refractivity contribution in [3.05, 3.63) is 70.5 Å². The lowest BCUT2D eigenvalue weighted by atomic mass is 9.93. The Bertz CT molecular complexity index is 1360. The van der Waals surface area contributed by atoms with Crippen molar-refractivity contribution in [2.45, 2.75) is 46.2 Å². The number of aromatic amines is 1. The van der Waals surface area contributed by atoms with E-state index in [0.717, 1.165) is 39.3 Å². The van der Waals surface area contributed by atoms with Gasteiger partial charge in [-0.05, 0) is 68.2 Å². The summed E-state index contributed by atoms with van der Waals surface area (Å²) in [5.74, 6) is 0.0471. The Hall–Kier alpha value is -3.84. The number of aryl methyl sites for hydroxylation is 1. The third kappa shape index (κ3) is 4.20. The molecule has 186 valence electrons. The number of aromatic hydroxyl groups is 1. The number of rotatable bonds is 4. The minimum Gasteiger partial charge on any atom is -0.508 e. The van der Waals surface area contributed by atoms with Gasteiger partial charge < -0.3 is 25.6 Å². The first kappa shape index (κ1) is 23.9. The van der Waals surface area contributed by atoms with Crippen LogP contribution in [0.1, 0.15) is 53.6 Å². The number of hydrogen-bond acceptors (Lipinski definition) is 4. The summed E-state index contributed by atoms with van der Waals surface area (Å²) in [6.07, 6.45) is 2.53. The Morgan fingerprint density at radius 2 is 1.81 bits per heavy atom. The molecule has 1 saturated heterocycles. The van der Waals surface area contributed by atoms with E-state index in [1.165, 1.54) is 0 Å². The normalized spacial score (nSPS) is 20.5. The lowest BCUT2D eigenvalue weighted by Crippen LogP contribution is -2.56. The molecule has 3 heterocycles. The van der Waals surface area contributed by atoms with Crippen LogP contribution in [0.25, 0.3) is 22.8 Å². The van der Waals surface area contributed by atoms with Crippen molar-refractivity contribution in [3.63, 3.8) is 0 Å². The van der Waals surface area contributed by atoms with Gasteiger partial charge in [0.25, 0.3) is 11.8 Å². The van der Waals surface area contributed by atoms with E-state index in [9.17, 15) is 14.7 Å². The molecule has 36 heavy (non-hydrogen) atoms. The Morgan fingerprint density at radius 3 is 2.47 bits per heavy atom. The Labute approximate surface area is 211 Å². The quantitative estimate of drug-likeness (QED) is 0.408. The maximum Gasteiger partial charge on any atom is 0.256 e. The minimum atomic E-state index is -0.178. The van der Waals surface area contributed by atoms with E-state index in [1.807, 2.05) is 55.2 Å². The van der Waals surface area contributed by atoms with Gasteiger partial charge in [0.05, 0.1) is 11.1 Å². The predicted molar refractivity (Wildman–Crippen MR) is 143 cm³/mol. The lowest BCUT2D eigenvalue weighted by molar-refractivity contribution is -0.110. The molecule has 7 nitrogen and oxygen atoms in total. The van der Waals surface area contributed by atoms with Crippen LogP contribution in [0.5, 0.6) is 5.75 Å². The predicted octanol–water partition coefficient (Wildman–Crippen LogP) is 4.57. The maximum atomic E-state index is 13.6. The first-order chi connectivity index (χ1) is 17.3.